The Bertz CT molecular complexity index is 965. The molecule has 172 valence electrons. The van der Waals surface area contributed by atoms with Gasteiger partial charge < -0.3 is 21.5 Å². The van der Waals surface area contributed by atoms with Crippen LogP contribution >= 0.6 is 0 Å². The highest BCUT2D eigenvalue weighted by atomic mass is 19.4. The highest BCUT2D eigenvalue weighted by Crippen LogP contribution is 2.29. The van der Waals surface area contributed by atoms with Crippen LogP contribution in [0.5, 0.6) is 5.75 Å². The Morgan fingerprint density at radius 3 is 2.66 bits per heavy atom. The van der Waals surface area contributed by atoms with Crippen LogP contribution in [0.15, 0.2) is 53.5 Å². The molecule has 0 bridgehead atoms. The number of anilines is 1. The lowest BCUT2D eigenvalue weighted by molar-refractivity contribution is -0.274. The number of guanidine groups is 1. The largest absolute Gasteiger partial charge is 0.573 e. The Morgan fingerprint density at radius 2 is 1.91 bits per heavy atom. The molecule has 1 unspecified atom stereocenters. The maximum Gasteiger partial charge on any atom is 0.573 e. The zero-order chi connectivity index (χ0) is 23.1. The summed E-state index contributed by atoms with van der Waals surface area (Å²) >= 11 is 0. The summed E-state index contributed by atoms with van der Waals surface area (Å²) in [4.78, 5) is 17.9. The van der Waals surface area contributed by atoms with Gasteiger partial charge in [0.2, 0.25) is 5.91 Å². The molecule has 1 aliphatic rings. The van der Waals surface area contributed by atoms with Gasteiger partial charge in [-0.15, -0.1) is 13.2 Å². The Labute approximate surface area is 184 Å². The first kappa shape index (κ1) is 23.4. The summed E-state index contributed by atoms with van der Waals surface area (Å²) in [5, 5.41) is 2.65. The number of nitrogens with one attached hydrogen (secondary N) is 1. The number of hydrogen-bond donors (Lipinski definition) is 3. The van der Waals surface area contributed by atoms with Gasteiger partial charge in [0.15, 0.2) is 11.7 Å². The van der Waals surface area contributed by atoms with Crippen molar-refractivity contribution in [2.75, 3.05) is 18.4 Å². The second-order valence-corrected chi connectivity index (χ2v) is 7.67. The second kappa shape index (κ2) is 10.4. The average Bonchev–Trinajstić information content (AvgIpc) is 2.73. The third-order valence-corrected chi connectivity index (χ3v) is 5.11. The molecule has 0 radical (unpaired) electrons. The van der Waals surface area contributed by atoms with Crippen LogP contribution in [0.2, 0.25) is 0 Å². The lowest BCUT2D eigenvalue weighted by Crippen LogP contribution is -2.40. The first-order valence-corrected chi connectivity index (χ1v) is 10.2. The molecular weight excluding hydrogens is 423 g/mol. The third kappa shape index (κ3) is 7.16. The van der Waals surface area contributed by atoms with Crippen molar-refractivity contribution >= 4 is 17.6 Å². The number of para-hydroxylation sites is 2. The van der Waals surface area contributed by atoms with E-state index in [4.69, 9.17) is 11.5 Å². The van der Waals surface area contributed by atoms with Gasteiger partial charge in [-0.2, -0.15) is 0 Å². The van der Waals surface area contributed by atoms with Crippen LogP contribution in [0, 0.1) is 5.92 Å². The Kier molecular flexibility index (Phi) is 7.57. The first-order chi connectivity index (χ1) is 15.2. The molecule has 1 aliphatic heterocycles. The molecule has 0 aliphatic carbocycles. The monoisotopic (exact) mass is 449 g/mol. The number of alkyl halides is 3. The van der Waals surface area contributed by atoms with Gasteiger partial charge in [-0.25, -0.2) is 4.99 Å². The minimum absolute atomic E-state index is 0.0334. The molecule has 7 nitrogen and oxygen atoms in total. The molecule has 5 N–H and O–H groups in total. The molecule has 3 rings (SSSR count). The van der Waals surface area contributed by atoms with Crippen molar-refractivity contribution in [2.24, 2.45) is 22.4 Å². The van der Waals surface area contributed by atoms with E-state index in [-0.39, 0.29) is 30.0 Å². The summed E-state index contributed by atoms with van der Waals surface area (Å²) in [6, 6.07) is 13.4. The first-order valence-electron chi connectivity index (χ1n) is 10.2. The fraction of sp³-hybridized carbons (Fsp3) is 0.364. The predicted octanol–water partition coefficient (Wildman–Crippen LogP) is 3.21. The van der Waals surface area contributed by atoms with Crippen molar-refractivity contribution in [3.8, 4) is 5.75 Å². The lowest BCUT2D eigenvalue weighted by atomic mass is 9.97. The van der Waals surface area contributed by atoms with Crippen LogP contribution in [0.1, 0.15) is 24.0 Å². The van der Waals surface area contributed by atoms with E-state index in [1.807, 2.05) is 24.3 Å². The summed E-state index contributed by atoms with van der Waals surface area (Å²) < 4.78 is 41.7. The Hall–Kier alpha value is -3.27. The fourth-order valence-corrected chi connectivity index (χ4v) is 3.65. The number of amides is 1. The van der Waals surface area contributed by atoms with E-state index in [2.05, 4.69) is 19.9 Å². The van der Waals surface area contributed by atoms with Gasteiger partial charge in [-0.05, 0) is 42.6 Å². The molecule has 1 amide bonds. The van der Waals surface area contributed by atoms with Crippen LogP contribution in [0.25, 0.3) is 0 Å². The van der Waals surface area contributed by atoms with Crippen molar-refractivity contribution in [3.63, 3.8) is 0 Å². The van der Waals surface area contributed by atoms with Crippen LogP contribution < -0.4 is 21.5 Å². The summed E-state index contributed by atoms with van der Waals surface area (Å²) in [5.41, 5.74) is 13.3. The maximum atomic E-state index is 12.6. The average molecular weight is 449 g/mol. The minimum Gasteiger partial charge on any atom is -0.404 e. The molecule has 32 heavy (non-hydrogen) atoms. The quantitative estimate of drug-likeness (QED) is 0.445. The Balaban J connectivity index is 1.60. The maximum absolute atomic E-state index is 12.6. The normalized spacial score (nSPS) is 17.7. The van der Waals surface area contributed by atoms with E-state index in [0.717, 1.165) is 30.5 Å². The molecule has 1 heterocycles. The summed E-state index contributed by atoms with van der Waals surface area (Å²) in [5.74, 6) is -0.806. The molecule has 1 fully saturated rings. The summed E-state index contributed by atoms with van der Waals surface area (Å²) in [6.07, 6.45) is -3.06. The predicted molar refractivity (Wildman–Crippen MR) is 116 cm³/mol. The number of hydrogen-bond acceptors (Lipinski definition) is 4. The van der Waals surface area contributed by atoms with Gasteiger partial charge in [0.1, 0.15) is 0 Å². The number of carbonyl (C=O) groups excluding carboxylic acids is 1. The molecule has 1 atom stereocenters. The highest BCUT2D eigenvalue weighted by molar-refractivity contribution is 5.93. The highest BCUT2D eigenvalue weighted by Gasteiger charge is 2.32. The smallest absolute Gasteiger partial charge is 0.404 e. The van der Waals surface area contributed by atoms with E-state index in [9.17, 15) is 18.0 Å². The molecule has 0 saturated carbocycles. The number of ether oxygens (including phenoxy) is 1. The minimum atomic E-state index is -4.81. The van der Waals surface area contributed by atoms with E-state index < -0.39 is 12.1 Å². The number of benzene rings is 2. The number of likely N-dealkylation sites (tertiary alicyclic amines) is 1. The number of aliphatic imine (C=N–C) groups is 1. The van der Waals surface area contributed by atoms with E-state index in [1.54, 1.807) is 6.07 Å². The number of nitrogens with two attached hydrogens (primary N) is 2. The van der Waals surface area contributed by atoms with Crippen molar-refractivity contribution in [2.45, 2.75) is 32.3 Å². The number of carbonyl (C=O) groups is 1. The number of halogens is 3. The number of piperidine rings is 1. The SMILES string of the molecule is NC(=O)C1CCCN(Cc2cccc(CN=C(N)Nc3ccccc3OC(F)(F)F)c2)C1. The molecule has 1 saturated heterocycles. The van der Waals surface area contributed by atoms with Gasteiger partial charge in [0.25, 0.3) is 0 Å². The molecule has 2 aromatic carbocycles. The topological polar surface area (TPSA) is 106 Å². The third-order valence-electron chi connectivity index (χ3n) is 5.11. The summed E-state index contributed by atoms with van der Waals surface area (Å²) in [6.45, 7) is 2.49. The van der Waals surface area contributed by atoms with Crippen molar-refractivity contribution in [1.82, 2.24) is 4.90 Å². The van der Waals surface area contributed by atoms with Crippen LogP contribution in [-0.2, 0) is 17.9 Å². The van der Waals surface area contributed by atoms with Crippen molar-refractivity contribution < 1.29 is 22.7 Å². The number of rotatable bonds is 7. The fourth-order valence-electron chi connectivity index (χ4n) is 3.65. The second-order valence-electron chi connectivity index (χ2n) is 7.67. The van der Waals surface area contributed by atoms with E-state index in [1.165, 1.54) is 18.2 Å². The number of primary amides is 1. The van der Waals surface area contributed by atoms with Gasteiger partial charge in [0, 0.05) is 13.1 Å². The molecule has 0 aromatic heterocycles. The van der Waals surface area contributed by atoms with E-state index >= 15 is 0 Å². The standard InChI is InChI=1S/C22H26F3N5O2/c23-22(24,25)32-19-9-2-1-8-18(19)29-21(27)28-12-15-5-3-6-16(11-15)13-30-10-4-7-17(14-30)20(26)31/h1-3,5-6,8-9,11,17H,4,7,10,12-14H2,(H2,26,31)(H3,27,28,29). The molecule has 2 aromatic rings. The van der Waals surface area contributed by atoms with Gasteiger partial charge in [-0.1, -0.05) is 36.4 Å². The molecule has 10 heteroatoms. The van der Waals surface area contributed by atoms with Crippen LogP contribution in [0.4, 0.5) is 18.9 Å². The Morgan fingerprint density at radius 1 is 1.16 bits per heavy atom. The van der Waals surface area contributed by atoms with Gasteiger partial charge >= 0.3 is 6.36 Å². The number of nitrogens with zero attached hydrogens (tertiary/aromatic N) is 2. The van der Waals surface area contributed by atoms with Crippen molar-refractivity contribution in [1.29, 1.82) is 0 Å². The molecular formula is C22H26F3N5O2. The van der Waals surface area contributed by atoms with Gasteiger partial charge in [-0.3, -0.25) is 9.69 Å². The zero-order valence-electron chi connectivity index (χ0n) is 17.4. The lowest BCUT2D eigenvalue weighted by Gasteiger charge is -2.31. The van der Waals surface area contributed by atoms with Crippen molar-refractivity contribution in [3.05, 3.63) is 59.7 Å². The molecule has 0 spiro atoms. The van der Waals surface area contributed by atoms with Crippen LogP contribution in [-0.4, -0.2) is 36.2 Å². The zero-order valence-corrected chi connectivity index (χ0v) is 17.4. The van der Waals surface area contributed by atoms with Crippen LogP contribution in [0.3, 0.4) is 0 Å². The summed E-state index contributed by atoms with van der Waals surface area (Å²) in [7, 11) is 0. The van der Waals surface area contributed by atoms with E-state index in [0.29, 0.717) is 13.1 Å². The van der Waals surface area contributed by atoms with Gasteiger partial charge in [0.05, 0.1) is 18.2 Å².